The minimum Gasteiger partial charge on any atom is -0.378 e. The molecule has 4 rings (SSSR count). The zero-order valence-electron chi connectivity index (χ0n) is 12.3. The SMILES string of the molecule is O=C(NN1C(=O)[C@H]2[C@H](C1=O)[C@H]1C=C[C@H]2C1)[C@@H](O)c1ccccc1. The van der Waals surface area contributed by atoms with Gasteiger partial charge < -0.3 is 5.11 Å². The number of hydrogen-bond donors (Lipinski definition) is 2. The largest absolute Gasteiger partial charge is 0.378 e. The minimum atomic E-state index is -1.42. The van der Waals surface area contributed by atoms with Gasteiger partial charge in [0.2, 0.25) is 0 Å². The van der Waals surface area contributed by atoms with Crippen LogP contribution in [0.4, 0.5) is 0 Å². The van der Waals surface area contributed by atoms with Crippen LogP contribution >= 0.6 is 0 Å². The summed E-state index contributed by atoms with van der Waals surface area (Å²) in [7, 11) is 0. The lowest BCUT2D eigenvalue weighted by molar-refractivity contribution is -0.152. The molecule has 3 aliphatic rings. The third-order valence-electron chi connectivity index (χ3n) is 5.06. The van der Waals surface area contributed by atoms with E-state index in [1.54, 1.807) is 30.3 Å². The third-order valence-corrected chi connectivity index (χ3v) is 5.06. The summed E-state index contributed by atoms with van der Waals surface area (Å²) in [6.07, 6.45) is 3.39. The lowest BCUT2D eigenvalue weighted by atomic mass is 9.85. The Kier molecular flexibility index (Phi) is 3.09. The van der Waals surface area contributed by atoms with E-state index in [2.05, 4.69) is 5.43 Å². The van der Waals surface area contributed by atoms with E-state index in [4.69, 9.17) is 0 Å². The van der Waals surface area contributed by atoms with Crippen molar-refractivity contribution >= 4 is 17.7 Å². The first-order valence-corrected chi connectivity index (χ1v) is 7.67. The highest BCUT2D eigenvalue weighted by molar-refractivity contribution is 6.07. The van der Waals surface area contributed by atoms with Crippen LogP contribution in [0.1, 0.15) is 18.1 Å². The molecule has 0 radical (unpaired) electrons. The average Bonchev–Trinajstić information content (AvgIpc) is 3.24. The molecule has 5 atom stereocenters. The molecule has 2 fully saturated rings. The molecule has 0 unspecified atom stereocenters. The van der Waals surface area contributed by atoms with Crippen molar-refractivity contribution in [3.63, 3.8) is 0 Å². The maximum atomic E-state index is 12.5. The van der Waals surface area contributed by atoms with Crippen LogP contribution in [0, 0.1) is 23.7 Å². The van der Waals surface area contributed by atoms with Crippen molar-refractivity contribution in [3.05, 3.63) is 48.0 Å². The Morgan fingerprint density at radius 3 is 2.22 bits per heavy atom. The van der Waals surface area contributed by atoms with Crippen LogP contribution in [0.2, 0.25) is 0 Å². The van der Waals surface area contributed by atoms with Crippen LogP contribution < -0.4 is 5.43 Å². The van der Waals surface area contributed by atoms with Crippen LogP contribution in [0.15, 0.2) is 42.5 Å². The number of nitrogens with one attached hydrogen (secondary N) is 1. The van der Waals surface area contributed by atoms with E-state index in [9.17, 15) is 19.5 Å². The van der Waals surface area contributed by atoms with Gasteiger partial charge in [-0.25, -0.2) is 0 Å². The zero-order chi connectivity index (χ0) is 16.1. The van der Waals surface area contributed by atoms with Crippen molar-refractivity contribution in [2.75, 3.05) is 0 Å². The zero-order valence-corrected chi connectivity index (χ0v) is 12.3. The topological polar surface area (TPSA) is 86.7 Å². The number of amides is 3. The molecular weight excluding hydrogens is 296 g/mol. The fraction of sp³-hybridized carbons (Fsp3) is 0.353. The maximum absolute atomic E-state index is 12.5. The summed E-state index contributed by atoms with van der Waals surface area (Å²) in [5.41, 5.74) is 2.70. The molecule has 1 aliphatic heterocycles. The van der Waals surface area contributed by atoms with E-state index in [1.807, 2.05) is 12.2 Å². The van der Waals surface area contributed by atoms with Crippen molar-refractivity contribution in [1.29, 1.82) is 0 Å². The van der Waals surface area contributed by atoms with Crippen LogP contribution in [0.25, 0.3) is 0 Å². The van der Waals surface area contributed by atoms with E-state index >= 15 is 0 Å². The molecular formula is C17H16N2O4. The van der Waals surface area contributed by atoms with Gasteiger partial charge in [0.25, 0.3) is 17.7 Å². The number of hydrogen-bond acceptors (Lipinski definition) is 4. The first-order valence-electron chi connectivity index (χ1n) is 7.67. The van der Waals surface area contributed by atoms with Gasteiger partial charge in [0, 0.05) is 0 Å². The summed E-state index contributed by atoms with van der Waals surface area (Å²) >= 11 is 0. The molecule has 6 nitrogen and oxygen atoms in total. The Labute approximate surface area is 132 Å². The molecule has 2 N–H and O–H groups in total. The first kappa shape index (κ1) is 14.1. The molecule has 23 heavy (non-hydrogen) atoms. The van der Waals surface area contributed by atoms with Crippen LogP contribution in [0.5, 0.6) is 0 Å². The van der Waals surface area contributed by atoms with E-state index < -0.39 is 12.0 Å². The van der Waals surface area contributed by atoms with Gasteiger partial charge in [-0.3, -0.25) is 19.8 Å². The molecule has 1 aromatic rings. The summed E-state index contributed by atoms with van der Waals surface area (Å²) in [5.74, 6) is -2.09. The van der Waals surface area contributed by atoms with Crippen molar-refractivity contribution in [3.8, 4) is 0 Å². The molecule has 0 aromatic heterocycles. The highest BCUT2D eigenvalue weighted by Gasteiger charge is 2.59. The van der Waals surface area contributed by atoms with Crippen molar-refractivity contribution < 1.29 is 19.5 Å². The fourth-order valence-corrected chi connectivity index (χ4v) is 3.97. The second-order valence-corrected chi connectivity index (χ2v) is 6.30. The van der Waals surface area contributed by atoms with Gasteiger partial charge in [-0.05, 0) is 23.8 Å². The summed E-state index contributed by atoms with van der Waals surface area (Å²) < 4.78 is 0. The smallest absolute Gasteiger partial charge is 0.272 e. The Bertz CT molecular complexity index is 685. The molecule has 1 saturated heterocycles. The molecule has 118 valence electrons. The quantitative estimate of drug-likeness (QED) is 0.631. The molecule has 2 bridgehead atoms. The molecule has 1 aromatic carbocycles. The standard InChI is InChI=1S/C17H16N2O4/c20-14(9-4-2-1-3-5-9)15(21)18-19-16(22)12-10-6-7-11(8-10)13(12)17(19)23/h1-7,10-14,20H,8H2,(H,18,21)/t10-,11-,12+,13+,14-/m0/s1. The van der Waals surface area contributed by atoms with Crippen molar-refractivity contribution in [1.82, 2.24) is 10.4 Å². The van der Waals surface area contributed by atoms with Crippen LogP contribution in [-0.4, -0.2) is 27.8 Å². The van der Waals surface area contributed by atoms with Crippen LogP contribution in [-0.2, 0) is 14.4 Å². The number of aliphatic hydroxyl groups excluding tert-OH is 1. The normalized spacial score (nSPS) is 32.3. The Balaban J connectivity index is 1.51. The summed E-state index contributed by atoms with van der Waals surface area (Å²) in [4.78, 5) is 37.1. The van der Waals surface area contributed by atoms with Gasteiger partial charge in [-0.15, -0.1) is 0 Å². The Morgan fingerprint density at radius 1 is 1.09 bits per heavy atom. The number of hydrazine groups is 1. The number of imide groups is 1. The predicted molar refractivity (Wildman–Crippen MR) is 79.1 cm³/mol. The number of aliphatic hydroxyl groups is 1. The van der Waals surface area contributed by atoms with E-state index in [0.29, 0.717) is 5.56 Å². The Morgan fingerprint density at radius 2 is 1.65 bits per heavy atom. The third kappa shape index (κ3) is 2.02. The minimum absolute atomic E-state index is 0.0856. The number of benzene rings is 1. The van der Waals surface area contributed by atoms with E-state index in [-0.39, 0.29) is 35.5 Å². The van der Waals surface area contributed by atoms with Gasteiger partial charge in [-0.2, -0.15) is 5.01 Å². The molecule has 1 heterocycles. The van der Waals surface area contributed by atoms with Crippen molar-refractivity contribution in [2.45, 2.75) is 12.5 Å². The predicted octanol–water partition coefficient (Wildman–Crippen LogP) is 0.558. The van der Waals surface area contributed by atoms with E-state index in [0.717, 1.165) is 11.4 Å². The molecule has 3 amide bonds. The van der Waals surface area contributed by atoms with Gasteiger partial charge >= 0.3 is 0 Å². The molecule has 2 aliphatic carbocycles. The molecule has 0 spiro atoms. The number of fused-ring (bicyclic) bond motifs is 5. The summed E-state index contributed by atoms with van der Waals surface area (Å²) in [6, 6.07) is 8.39. The Hall–Kier alpha value is -2.47. The monoisotopic (exact) mass is 312 g/mol. The van der Waals surface area contributed by atoms with Gasteiger partial charge in [-0.1, -0.05) is 42.5 Å². The number of allylic oxidation sites excluding steroid dienone is 2. The van der Waals surface area contributed by atoms with Crippen LogP contribution in [0.3, 0.4) is 0 Å². The number of rotatable bonds is 3. The highest BCUT2D eigenvalue weighted by Crippen LogP contribution is 2.52. The fourth-order valence-electron chi connectivity index (χ4n) is 3.97. The second-order valence-electron chi connectivity index (χ2n) is 6.30. The lowest BCUT2D eigenvalue weighted by Gasteiger charge is -2.20. The second kappa shape index (κ2) is 5.03. The highest BCUT2D eigenvalue weighted by atomic mass is 16.3. The average molecular weight is 312 g/mol. The number of nitrogens with zero attached hydrogens (tertiary/aromatic N) is 1. The first-order chi connectivity index (χ1) is 11.1. The van der Waals surface area contributed by atoms with Gasteiger partial charge in [0.1, 0.15) is 0 Å². The number of carbonyl (C=O) groups is 3. The molecule has 1 saturated carbocycles. The number of carbonyl (C=O) groups excluding carboxylic acids is 3. The summed E-state index contributed by atoms with van der Waals surface area (Å²) in [6.45, 7) is 0. The summed E-state index contributed by atoms with van der Waals surface area (Å²) in [5, 5.41) is 10.9. The molecule has 6 heteroatoms. The van der Waals surface area contributed by atoms with Gasteiger partial charge in [0.05, 0.1) is 11.8 Å². The maximum Gasteiger partial charge on any atom is 0.272 e. The van der Waals surface area contributed by atoms with Crippen molar-refractivity contribution in [2.24, 2.45) is 23.7 Å². The van der Waals surface area contributed by atoms with E-state index in [1.165, 1.54) is 0 Å². The lowest BCUT2D eigenvalue weighted by Crippen LogP contribution is -2.49. The van der Waals surface area contributed by atoms with Gasteiger partial charge in [0.15, 0.2) is 6.10 Å².